The number of para-hydroxylation sites is 1. The molecule has 1 atom stereocenters. The first-order chi connectivity index (χ1) is 12.4. The molecule has 1 amide bonds. The van der Waals surface area contributed by atoms with Gasteiger partial charge in [0.2, 0.25) is 5.91 Å². The van der Waals surface area contributed by atoms with Gasteiger partial charge in [-0.05, 0) is 45.0 Å². The SMILES string of the molecule is C=C(Nc1cccc(OC(C)C)c1)c1cccc2c1O[C@@H](C)CC(=O)N2. The Morgan fingerprint density at radius 1 is 1.31 bits per heavy atom. The summed E-state index contributed by atoms with van der Waals surface area (Å²) >= 11 is 0. The van der Waals surface area contributed by atoms with Crippen LogP contribution >= 0.6 is 0 Å². The van der Waals surface area contributed by atoms with Gasteiger partial charge in [-0.15, -0.1) is 0 Å². The zero-order valence-corrected chi connectivity index (χ0v) is 15.3. The molecule has 2 aromatic carbocycles. The van der Waals surface area contributed by atoms with Crippen molar-refractivity contribution in [1.29, 1.82) is 0 Å². The van der Waals surface area contributed by atoms with Crippen LogP contribution in [0.4, 0.5) is 11.4 Å². The molecule has 136 valence electrons. The summed E-state index contributed by atoms with van der Waals surface area (Å²) in [5.41, 5.74) is 3.03. The van der Waals surface area contributed by atoms with E-state index in [-0.39, 0.29) is 18.1 Å². The molecule has 0 aromatic heterocycles. The lowest BCUT2D eigenvalue weighted by Crippen LogP contribution is -2.17. The Balaban J connectivity index is 1.85. The third-order valence-electron chi connectivity index (χ3n) is 3.91. The van der Waals surface area contributed by atoms with E-state index < -0.39 is 0 Å². The summed E-state index contributed by atoms with van der Waals surface area (Å²) in [7, 11) is 0. The van der Waals surface area contributed by atoms with Gasteiger partial charge >= 0.3 is 0 Å². The highest BCUT2D eigenvalue weighted by Crippen LogP contribution is 2.36. The molecule has 0 fully saturated rings. The third-order valence-corrected chi connectivity index (χ3v) is 3.91. The molecule has 0 saturated carbocycles. The summed E-state index contributed by atoms with van der Waals surface area (Å²) in [6.07, 6.45) is 0.229. The van der Waals surface area contributed by atoms with Crippen LogP contribution in [0, 0.1) is 0 Å². The van der Waals surface area contributed by atoms with E-state index >= 15 is 0 Å². The first-order valence-electron chi connectivity index (χ1n) is 8.75. The zero-order chi connectivity index (χ0) is 18.7. The Bertz CT molecular complexity index is 830. The molecule has 2 aromatic rings. The maximum absolute atomic E-state index is 11.9. The molecule has 3 rings (SSSR count). The quantitative estimate of drug-likeness (QED) is 0.821. The number of hydrogen-bond acceptors (Lipinski definition) is 4. The maximum Gasteiger partial charge on any atom is 0.228 e. The minimum Gasteiger partial charge on any atom is -0.491 e. The number of ether oxygens (including phenoxy) is 2. The first kappa shape index (κ1) is 17.9. The molecular formula is C21H24N2O3. The number of rotatable bonds is 5. The average molecular weight is 352 g/mol. The number of carbonyl (C=O) groups excluding carboxylic acids is 1. The highest BCUT2D eigenvalue weighted by Gasteiger charge is 2.22. The van der Waals surface area contributed by atoms with E-state index in [2.05, 4.69) is 17.2 Å². The summed E-state index contributed by atoms with van der Waals surface area (Å²) in [5.74, 6) is 1.38. The second-order valence-electron chi connectivity index (χ2n) is 6.66. The van der Waals surface area contributed by atoms with Gasteiger partial charge in [-0.25, -0.2) is 0 Å². The molecule has 1 heterocycles. The predicted octanol–water partition coefficient (Wildman–Crippen LogP) is 4.67. The second-order valence-corrected chi connectivity index (χ2v) is 6.66. The van der Waals surface area contributed by atoms with Crippen LogP contribution in [0.3, 0.4) is 0 Å². The summed E-state index contributed by atoms with van der Waals surface area (Å²) in [4.78, 5) is 11.9. The molecule has 0 radical (unpaired) electrons. The summed E-state index contributed by atoms with van der Waals surface area (Å²) in [6, 6.07) is 13.4. The number of hydrogen-bond donors (Lipinski definition) is 2. The second kappa shape index (κ2) is 7.52. The van der Waals surface area contributed by atoms with Crippen molar-refractivity contribution in [3.63, 3.8) is 0 Å². The average Bonchev–Trinajstić information content (AvgIpc) is 2.70. The number of amides is 1. The van der Waals surface area contributed by atoms with E-state index in [1.807, 2.05) is 63.2 Å². The highest BCUT2D eigenvalue weighted by molar-refractivity contribution is 5.95. The van der Waals surface area contributed by atoms with Crippen molar-refractivity contribution in [1.82, 2.24) is 0 Å². The topological polar surface area (TPSA) is 59.6 Å². The van der Waals surface area contributed by atoms with Gasteiger partial charge in [0.25, 0.3) is 0 Å². The summed E-state index contributed by atoms with van der Waals surface area (Å²) in [5, 5.41) is 6.19. The van der Waals surface area contributed by atoms with E-state index in [4.69, 9.17) is 9.47 Å². The minimum atomic E-state index is -0.201. The van der Waals surface area contributed by atoms with Crippen molar-refractivity contribution in [2.24, 2.45) is 0 Å². The van der Waals surface area contributed by atoms with Crippen LogP contribution in [-0.4, -0.2) is 18.1 Å². The van der Waals surface area contributed by atoms with Crippen LogP contribution in [0.25, 0.3) is 5.70 Å². The van der Waals surface area contributed by atoms with Gasteiger partial charge < -0.3 is 20.1 Å². The van der Waals surface area contributed by atoms with Gasteiger partial charge in [-0.3, -0.25) is 4.79 Å². The number of carbonyl (C=O) groups is 1. The Kier molecular flexibility index (Phi) is 5.16. The molecule has 26 heavy (non-hydrogen) atoms. The fourth-order valence-corrected chi connectivity index (χ4v) is 2.87. The number of benzene rings is 2. The molecule has 0 bridgehead atoms. The van der Waals surface area contributed by atoms with Gasteiger partial charge in [-0.2, -0.15) is 0 Å². The van der Waals surface area contributed by atoms with Crippen LogP contribution in [0.5, 0.6) is 11.5 Å². The van der Waals surface area contributed by atoms with E-state index in [1.165, 1.54) is 0 Å². The van der Waals surface area contributed by atoms with Crippen molar-refractivity contribution in [2.75, 3.05) is 10.6 Å². The lowest BCUT2D eigenvalue weighted by molar-refractivity contribution is -0.117. The van der Waals surface area contributed by atoms with Gasteiger partial charge in [-0.1, -0.05) is 18.7 Å². The maximum atomic E-state index is 11.9. The first-order valence-corrected chi connectivity index (χ1v) is 8.75. The van der Waals surface area contributed by atoms with E-state index in [0.29, 0.717) is 23.6 Å². The normalized spacial score (nSPS) is 16.2. The molecule has 1 aliphatic rings. The molecule has 0 saturated heterocycles. The standard InChI is InChI=1S/C21H24N2O3/c1-13(2)25-17-8-5-7-16(12-17)22-15(4)18-9-6-10-19-21(18)26-14(3)11-20(24)23-19/h5-10,12-14,22H,4,11H2,1-3H3,(H,23,24)/t14-/m0/s1. The lowest BCUT2D eigenvalue weighted by Gasteiger charge is -2.18. The highest BCUT2D eigenvalue weighted by atomic mass is 16.5. The fraction of sp³-hybridized carbons (Fsp3) is 0.286. The molecule has 2 N–H and O–H groups in total. The zero-order valence-electron chi connectivity index (χ0n) is 15.3. The smallest absolute Gasteiger partial charge is 0.228 e. The number of fused-ring (bicyclic) bond motifs is 1. The fourth-order valence-electron chi connectivity index (χ4n) is 2.87. The Labute approximate surface area is 154 Å². The van der Waals surface area contributed by atoms with Crippen LogP contribution in [-0.2, 0) is 4.79 Å². The van der Waals surface area contributed by atoms with Crippen LogP contribution < -0.4 is 20.1 Å². The van der Waals surface area contributed by atoms with Crippen molar-refractivity contribution in [3.05, 3.63) is 54.6 Å². The predicted molar refractivity (Wildman–Crippen MR) is 105 cm³/mol. The van der Waals surface area contributed by atoms with Crippen LogP contribution in [0.1, 0.15) is 32.8 Å². The largest absolute Gasteiger partial charge is 0.491 e. The third kappa shape index (κ3) is 4.17. The Hall–Kier alpha value is -2.95. The molecule has 1 aliphatic heterocycles. The van der Waals surface area contributed by atoms with E-state index in [1.54, 1.807) is 0 Å². The molecular weight excluding hydrogens is 328 g/mol. The molecule has 0 spiro atoms. The minimum absolute atomic E-state index is 0.0505. The van der Waals surface area contributed by atoms with Crippen LogP contribution in [0.15, 0.2) is 49.0 Å². The van der Waals surface area contributed by atoms with Gasteiger partial charge in [0, 0.05) is 23.0 Å². The molecule has 0 unspecified atom stereocenters. The molecule has 5 heteroatoms. The van der Waals surface area contributed by atoms with Crippen molar-refractivity contribution >= 4 is 23.0 Å². The monoisotopic (exact) mass is 352 g/mol. The van der Waals surface area contributed by atoms with E-state index in [9.17, 15) is 4.79 Å². The Morgan fingerprint density at radius 2 is 2.08 bits per heavy atom. The van der Waals surface area contributed by atoms with Crippen molar-refractivity contribution in [3.8, 4) is 11.5 Å². The Morgan fingerprint density at radius 3 is 2.85 bits per heavy atom. The van der Waals surface area contributed by atoms with Crippen molar-refractivity contribution < 1.29 is 14.3 Å². The summed E-state index contributed by atoms with van der Waals surface area (Å²) in [6.45, 7) is 10.0. The van der Waals surface area contributed by atoms with Crippen molar-refractivity contribution in [2.45, 2.75) is 39.4 Å². The summed E-state index contributed by atoms with van der Waals surface area (Å²) < 4.78 is 11.7. The number of nitrogens with one attached hydrogen (secondary N) is 2. The number of anilines is 2. The lowest BCUT2D eigenvalue weighted by atomic mass is 10.1. The van der Waals surface area contributed by atoms with Gasteiger partial charge in [0.15, 0.2) is 5.75 Å². The van der Waals surface area contributed by atoms with Gasteiger partial charge in [0.1, 0.15) is 11.9 Å². The molecule has 5 nitrogen and oxygen atoms in total. The van der Waals surface area contributed by atoms with E-state index in [0.717, 1.165) is 17.0 Å². The molecule has 0 aliphatic carbocycles. The van der Waals surface area contributed by atoms with Gasteiger partial charge in [0.05, 0.1) is 18.2 Å². The van der Waals surface area contributed by atoms with Crippen LogP contribution in [0.2, 0.25) is 0 Å².